The SMILES string of the molecule is CCC[C@@H](C)ON. The van der Waals surface area contributed by atoms with Gasteiger partial charge in [-0.15, -0.1) is 0 Å². The fourth-order valence-electron chi connectivity index (χ4n) is 0.475. The summed E-state index contributed by atoms with van der Waals surface area (Å²) in [4.78, 5) is 4.49. The molecule has 2 nitrogen and oxygen atoms in total. The van der Waals surface area contributed by atoms with E-state index in [0.717, 1.165) is 12.8 Å². The van der Waals surface area contributed by atoms with E-state index in [1.807, 2.05) is 6.92 Å². The summed E-state index contributed by atoms with van der Waals surface area (Å²) in [6.45, 7) is 4.07. The molecule has 0 aromatic rings. The molecule has 0 aliphatic rings. The zero-order valence-corrected chi connectivity index (χ0v) is 4.98. The second-order valence-corrected chi connectivity index (χ2v) is 1.74. The first-order chi connectivity index (χ1) is 3.31. The van der Waals surface area contributed by atoms with Crippen molar-refractivity contribution in [3.8, 4) is 0 Å². The van der Waals surface area contributed by atoms with Crippen LogP contribution < -0.4 is 5.90 Å². The molecule has 0 unspecified atom stereocenters. The summed E-state index contributed by atoms with van der Waals surface area (Å²) < 4.78 is 0. The molecular formula is C5H13NO. The quantitative estimate of drug-likeness (QED) is 0.542. The monoisotopic (exact) mass is 103 g/mol. The van der Waals surface area contributed by atoms with Gasteiger partial charge >= 0.3 is 0 Å². The first-order valence-electron chi connectivity index (χ1n) is 2.66. The lowest BCUT2D eigenvalue weighted by Crippen LogP contribution is -2.11. The molecule has 2 N–H and O–H groups in total. The number of nitrogens with two attached hydrogens (primary N) is 1. The Morgan fingerprint density at radius 1 is 1.71 bits per heavy atom. The van der Waals surface area contributed by atoms with Gasteiger partial charge in [0.1, 0.15) is 0 Å². The predicted molar refractivity (Wildman–Crippen MR) is 29.6 cm³/mol. The van der Waals surface area contributed by atoms with Crippen LogP contribution in [0.15, 0.2) is 0 Å². The van der Waals surface area contributed by atoms with Crippen molar-refractivity contribution in [2.75, 3.05) is 0 Å². The Balaban J connectivity index is 2.83. The zero-order chi connectivity index (χ0) is 5.70. The average Bonchev–Trinajstić information content (AvgIpc) is 1.68. The molecule has 0 fully saturated rings. The summed E-state index contributed by atoms with van der Waals surface area (Å²) in [5, 5.41) is 0. The van der Waals surface area contributed by atoms with Crippen molar-refractivity contribution in [3.63, 3.8) is 0 Å². The van der Waals surface area contributed by atoms with Crippen molar-refractivity contribution < 1.29 is 4.84 Å². The van der Waals surface area contributed by atoms with Gasteiger partial charge in [0.25, 0.3) is 0 Å². The highest BCUT2D eigenvalue weighted by atomic mass is 16.6. The smallest absolute Gasteiger partial charge is 0.0759 e. The Hall–Kier alpha value is -0.0800. The molecule has 0 aromatic carbocycles. The molecule has 0 radical (unpaired) electrons. The van der Waals surface area contributed by atoms with Crippen molar-refractivity contribution in [3.05, 3.63) is 0 Å². The highest BCUT2D eigenvalue weighted by molar-refractivity contribution is 4.43. The topological polar surface area (TPSA) is 35.2 Å². The Labute approximate surface area is 44.6 Å². The van der Waals surface area contributed by atoms with Gasteiger partial charge in [-0.1, -0.05) is 13.3 Å². The van der Waals surface area contributed by atoms with Crippen LogP contribution in [0, 0.1) is 0 Å². The van der Waals surface area contributed by atoms with Crippen LogP contribution in [0.2, 0.25) is 0 Å². The highest BCUT2D eigenvalue weighted by Crippen LogP contribution is 1.95. The molecule has 0 heterocycles. The molecule has 0 aromatic heterocycles. The second kappa shape index (κ2) is 4.09. The van der Waals surface area contributed by atoms with Crippen LogP contribution in [0.25, 0.3) is 0 Å². The molecular weight excluding hydrogens is 90.1 g/mol. The molecule has 0 spiro atoms. The average molecular weight is 103 g/mol. The Morgan fingerprint density at radius 3 is 2.43 bits per heavy atom. The summed E-state index contributed by atoms with van der Waals surface area (Å²) in [7, 11) is 0. The minimum absolute atomic E-state index is 0.227. The first kappa shape index (κ1) is 6.92. The van der Waals surface area contributed by atoms with Crippen molar-refractivity contribution in [2.45, 2.75) is 32.8 Å². The maximum Gasteiger partial charge on any atom is 0.0759 e. The summed E-state index contributed by atoms with van der Waals surface area (Å²) >= 11 is 0. The van der Waals surface area contributed by atoms with Crippen LogP contribution in [0.3, 0.4) is 0 Å². The fourth-order valence-corrected chi connectivity index (χ4v) is 0.475. The van der Waals surface area contributed by atoms with Gasteiger partial charge in [-0.25, -0.2) is 5.90 Å². The van der Waals surface area contributed by atoms with Gasteiger partial charge in [0, 0.05) is 0 Å². The number of hydrogen-bond acceptors (Lipinski definition) is 2. The number of rotatable bonds is 3. The maximum atomic E-state index is 4.86. The van der Waals surface area contributed by atoms with E-state index in [4.69, 9.17) is 5.90 Å². The molecule has 0 saturated heterocycles. The summed E-state index contributed by atoms with van der Waals surface area (Å²) in [6.07, 6.45) is 2.42. The Morgan fingerprint density at radius 2 is 2.29 bits per heavy atom. The van der Waals surface area contributed by atoms with Gasteiger partial charge in [0.15, 0.2) is 0 Å². The van der Waals surface area contributed by atoms with E-state index in [1.165, 1.54) is 0 Å². The van der Waals surface area contributed by atoms with Crippen LogP contribution in [-0.4, -0.2) is 6.10 Å². The van der Waals surface area contributed by atoms with Gasteiger partial charge in [0.05, 0.1) is 6.10 Å². The summed E-state index contributed by atoms with van der Waals surface area (Å²) in [5.41, 5.74) is 0. The largest absolute Gasteiger partial charge is 0.302 e. The normalized spacial score (nSPS) is 14.1. The molecule has 0 aliphatic heterocycles. The van der Waals surface area contributed by atoms with E-state index < -0.39 is 0 Å². The second-order valence-electron chi connectivity index (χ2n) is 1.74. The van der Waals surface area contributed by atoms with E-state index in [9.17, 15) is 0 Å². The third kappa shape index (κ3) is 3.76. The minimum Gasteiger partial charge on any atom is -0.302 e. The van der Waals surface area contributed by atoms with Gasteiger partial charge < -0.3 is 4.84 Å². The third-order valence-electron chi connectivity index (χ3n) is 0.928. The standard InChI is InChI=1S/C5H13NO/c1-3-4-5(2)7-6/h5H,3-4,6H2,1-2H3/t5-/m1/s1. The first-order valence-corrected chi connectivity index (χ1v) is 2.66. The van der Waals surface area contributed by atoms with Crippen LogP contribution in [-0.2, 0) is 4.84 Å². The van der Waals surface area contributed by atoms with E-state index >= 15 is 0 Å². The molecule has 44 valence electrons. The van der Waals surface area contributed by atoms with Crippen molar-refractivity contribution in [1.29, 1.82) is 0 Å². The zero-order valence-electron chi connectivity index (χ0n) is 4.98. The van der Waals surface area contributed by atoms with Gasteiger partial charge in [0.2, 0.25) is 0 Å². The molecule has 0 saturated carbocycles. The molecule has 0 aliphatic carbocycles. The summed E-state index contributed by atoms with van der Waals surface area (Å²) in [6, 6.07) is 0. The molecule has 1 atom stereocenters. The molecule has 0 amide bonds. The minimum atomic E-state index is 0.227. The predicted octanol–water partition coefficient (Wildman–Crippen LogP) is 1.07. The number of hydrogen-bond donors (Lipinski definition) is 1. The lowest BCUT2D eigenvalue weighted by atomic mass is 10.2. The van der Waals surface area contributed by atoms with Crippen molar-refractivity contribution in [1.82, 2.24) is 0 Å². The van der Waals surface area contributed by atoms with Crippen LogP contribution in [0.1, 0.15) is 26.7 Å². The Kier molecular flexibility index (Phi) is 4.04. The maximum absolute atomic E-state index is 4.86. The van der Waals surface area contributed by atoms with Gasteiger partial charge in [-0.3, -0.25) is 0 Å². The molecule has 2 heteroatoms. The molecule has 0 rings (SSSR count). The highest BCUT2D eigenvalue weighted by Gasteiger charge is 1.93. The van der Waals surface area contributed by atoms with Gasteiger partial charge in [-0.2, -0.15) is 0 Å². The lowest BCUT2D eigenvalue weighted by Gasteiger charge is -2.03. The fraction of sp³-hybridized carbons (Fsp3) is 1.00. The van der Waals surface area contributed by atoms with Crippen molar-refractivity contribution >= 4 is 0 Å². The van der Waals surface area contributed by atoms with E-state index in [-0.39, 0.29) is 6.10 Å². The Bertz CT molecular complexity index is 39.1. The van der Waals surface area contributed by atoms with Crippen molar-refractivity contribution in [2.24, 2.45) is 5.90 Å². The van der Waals surface area contributed by atoms with E-state index in [0.29, 0.717) is 0 Å². The molecule has 0 bridgehead atoms. The summed E-state index contributed by atoms with van der Waals surface area (Å²) in [5.74, 6) is 4.86. The van der Waals surface area contributed by atoms with E-state index in [1.54, 1.807) is 0 Å². The van der Waals surface area contributed by atoms with Crippen LogP contribution in [0.4, 0.5) is 0 Å². The third-order valence-corrected chi connectivity index (χ3v) is 0.928. The van der Waals surface area contributed by atoms with Gasteiger partial charge in [-0.05, 0) is 13.3 Å². The van der Waals surface area contributed by atoms with Crippen LogP contribution in [0.5, 0.6) is 0 Å². The van der Waals surface area contributed by atoms with Crippen LogP contribution >= 0.6 is 0 Å². The van der Waals surface area contributed by atoms with E-state index in [2.05, 4.69) is 11.8 Å². The molecule has 7 heavy (non-hydrogen) atoms. The lowest BCUT2D eigenvalue weighted by molar-refractivity contribution is 0.0602.